The molecule has 3 aromatic rings. The fourth-order valence-electron chi connectivity index (χ4n) is 3.22. The first-order valence-corrected chi connectivity index (χ1v) is 8.61. The van der Waals surface area contributed by atoms with Gasteiger partial charge >= 0.3 is 0 Å². The van der Waals surface area contributed by atoms with Crippen molar-refractivity contribution in [3.8, 4) is 17.2 Å². The van der Waals surface area contributed by atoms with Gasteiger partial charge in [-0.15, -0.1) is 0 Å². The molecule has 0 bridgehead atoms. The van der Waals surface area contributed by atoms with Crippen molar-refractivity contribution in [1.29, 1.82) is 0 Å². The van der Waals surface area contributed by atoms with E-state index in [1.165, 1.54) is 7.11 Å². The third-order valence-electron chi connectivity index (χ3n) is 4.55. The van der Waals surface area contributed by atoms with Gasteiger partial charge in [-0.1, -0.05) is 48.5 Å². The second kappa shape index (κ2) is 7.00. The Labute approximate surface area is 157 Å². The van der Waals surface area contributed by atoms with Crippen molar-refractivity contribution in [2.45, 2.75) is 6.10 Å². The predicted molar refractivity (Wildman–Crippen MR) is 103 cm³/mol. The van der Waals surface area contributed by atoms with Gasteiger partial charge in [0.2, 0.25) is 0 Å². The van der Waals surface area contributed by atoms with Gasteiger partial charge in [0, 0.05) is 5.57 Å². The third kappa shape index (κ3) is 3.17. The highest BCUT2D eigenvalue weighted by atomic mass is 16.5. The fourth-order valence-corrected chi connectivity index (χ4v) is 3.22. The van der Waals surface area contributed by atoms with Crippen LogP contribution in [0.4, 0.5) is 0 Å². The number of ether oxygens (including phenoxy) is 2. The van der Waals surface area contributed by atoms with Crippen molar-refractivity contribution in [3.05, 3.63) is 95.1 Å². The smallest absolute Gasteiger partial charge is 0.196 e. The average Bonchev–Trinajstić information content (AvgIpc) is 2.71. The van der Waals surface area contributed by atoms with Gasteiger partial charge in [-0.2, -0.15) is 0 Å². The minimum absolute atomic E-state index is 0.0210. The minimum Gasteiger partial charge on any atom is -0.504 e. The Morgan fingerprint density at radius 1 is 1.00 bits per heavy atom. The average molecular weight is 358 g/mol. The van der Waals surface area contributed by atoms with Crippen LogP contribution in [-0.2, 0) is 0 Å². The molecular formula is C23H18O4. The summed E-state index contributed by atoms with van der Waals surface area (Å²) in [7, 11) is 1.49. The zero-order chi connectivity index (χ0) is 18.8. The van der Waals surface area contributed by atoms with E-state index in [1.807, 2.05) is 42.5 Å². The number of Topliss-reactive ketones (excluding diaryl/α,β-unsaturated/α-hetero) is 1. The van der Waals surface area contributed by atoms with E-state index in [2.05, 4.69) is 0 Å². The van der Waals surface area contributed by atoms with Crippen molar-refractivity contribution >= 4 is 11.9 Å². The van der Waals surface area contributed by atoms with Gasteiger partial charge in [0.1, 0.15) is 5.75 Å². The zero-order valence-electron chi connectivity index (χ0n) is 14.8. The second-order valence-electron chi connectivity index (χ2n) is 6.26. The Bertz CT molecular complexity index is 1020. The van der Waals surface area contributed by atoms with Gasteiger partial charge in [-0.25, -0.2) is 0 Å². The molecule has 4 heteroatoms. The van der Waals surface area contributed by atoms with Crippen molar-refractivity contribution in [2.24, 2.45) is 0 Å². The number of hydrogen-bond acceptors (Lipinski definition) is 4. The van der Waals surface area contributed by atoms with Crippen LogP contribution >= 0.6 is 0 Å². The van der Waals surface area contributed by atoms with Crippen molar-refractivity contribution in [1.82, 2.24) is 0 Å². The number of hydrogen-bond donors (Lipinski definition) is 1. The summed E-state index contributed by atoms with van der Waals surface area (Å²) in [6, 6.07) is 21.9. The highest BCUT2D eigenvalue weighted by molar-refractivity contribution is 6.14. The highest BCUT2D eigenvalue weighted by Gasteiger charge is 2.32. The van der Waals surface area contributed by atoms with E-state index in [9.17, 15) is 9.90 Å². The molecule has 0 saturated carbocycles. The van der Waals surface area contributed by atoms with Crippen LogP contribution in [0.5, 0.6) is 17.2 Å². The largest absolute Gasteiger partial charge is 0.504 e. The molecule has 0 fully saturated rings. The predicted octanol–water partition coefficient (Wildman–Crippen LogP) is 4.80. The molecule has 27 heavy (non-hydrogen) atoms. The Kier molecular flexibility index (Phi) is 4.38. The molecular weight excluding hydrogens is 340 g/mol. The molecule has 134 valence electrons. The van der Waals surface area contributed by atoms with Crippen LogP contribution in [0.2, 0.25) is 0 Å². The summed E-state index contributed by atoms with van der Waals surface area (Å²) in [6.07, 6.45) is 1.24. The highest BCUT2D eigenvalue weighted by Crippen LogP contribution is 2.39. The Morgan fingerprint density at radius 2 is 1.74 bits per heavy atom. The maximum absolute atomic E-state index is 13.2. The van der Waals surface area contributed by atoms with Gasteiger partial charge in [0.15, 0.2) is 23.4 Å². The first-order valence-electron chi connectivity index (χ1n) is 8.61. The van der Waals surface area contributed by atoms with Crippen LogP contribution < -0.4 is 9.47 Å². The number of benzene rings is 3. The Hall–Kier alpha value is -3.53. The molecule has 0 radical (unpaired) electrons. The van der Waals surface area contributed by atoms with E-state index in [4.69, 9.17) is 9.47 Å². The summed E-state index contributed by atoms with van der Waals surface area (Å²) in [5.41, 5.74) is 2.64. The maximum atomic E-state index is 13.2. The number of carbonyl (C=O) groups is 1. The topological polar surface area (TPSA) is 55.8 Å². The molecule has 0 spiro atoms. The number of ketones is 1. The lowest BCUT2D eigenvalue weighted by Gasteiger charge is -2.28. The zero-order valence-corrected chi connectivity index (χ0v) is 14.8. The lowest BCUT2D eigenvalue weighted by molar-refractivity contribution is 0.0963. The molecule has 4 rings (SSSR count). The second-order valence-corrected chi connectivity index (χ2v) is 6.26. The summed E-state index contributed by atoms with van der Waals surface area (Å²) in [5, 5.41) is 10.1. The van der Waals surface area contributed by atoms with Crippen molar-refractivity contribution in [2.75, 3.05) is 7.11 Å². The molecule has 1 aliphatic rings. The van der Waals surface area contributed by atoms with Crippen LogP contribution in [0.25, 0.3) is 6.08 Å². The number of phenols is 1. The fraction of sp³-hybridized carbons (Fsp3) is 0.0870. The number of aromatic hydroxyl groups is 1. The normalized spacial score (nSPS) is 17.3. The van der Waals surface area contributed by atoms with Crippen LogP contribution in [0.15, 0.2) is 78.4 Å². The number of fused-ring (bicyclic) bond motifs is 1. The number of carbonyl (C=O) groups excluding carboxylic acids is 1. The molecule has 1 heterocycles. The monoisotopic (exact) mass is 358 g/mol. The quantitative estimate of drug-likeness (QED) is 0.683. The first kappa shape index (κ1) is 16.9. The summed E-state index contributed by atoms with van der Waals surface area (Å²) in [5.74, 6) is 0.896. The Morgan fingerprint density at radius 3 is 2.48 bits per heavy atom. The lowest BCUT2D eigenvalue weighted by atomic mass is 9.89. The van der Waals surface area contributed by atoms with Crippen LogP contribution in [0, 0.1) is 0 Å². The van der Waals surface area contributed by atoms with Crippen molar-refractivity contribution < 1.29 is 19.4 Å². The third-order valence-corrected chi connectivity index (χ3v) is 4.55. The van der Waals surface area contributed by atoms with E-state index in [-0.39, 0.29) is 11.5 Å². The van der Waals surface area contributed by atoms with Crippen LogP contribution in [0.3, 0.4) is 0 Å². The molecule has 4 nitrogen and oxygen atoms in total. The van der Waals surface area contributed by atoms with Gasteiger partial charge in [-0.05, 0) is 41.5 Å². The number of para-hydroxylation sites is 1. The summed E-state index contributed by atoms with van der Waals surface area (Å²) < 4.78 is 11.3. The summed E-state index contributed by atoms with van der Waals surface area (Å²) >= 11 is 0. The van der Waals surface area contributed by atoms with E-state index in [0.29, 0.717) is 28.2 Å². The van der Waals surface area contributed by atoms with Gasteiger partial charge in [0.25, 0.3) is 0 Å². The maximum Gasteiger partial charge on any atom is 0.196 e. The SMILES string of the molecule is COc1ccc(/C=C2/C(=O)c3ccccc3O[C@@H]2c2ccccc2)cc1O. The van der Waals surface area contributed by atoms with Crippen LogP contribution in [0.1, 0.15) is 27.6 Å². The van der Waals surface area contributed by atoms with E-state index < -0.39 is 6.10 Å². The van der Waals surface area contributed by atoms with Gasteiger partial charge in [0.05, 0.1) is 12.7 Å². The number of phenolic OH excluding ortho intramolecular Hbond substituents is 1. The first-order chi connectivity index (χ1) is 13.2. The Balaban J connectivity index is 1.84. The summed E-state index contributed by atoms with van der Waals surface area (Å²) in [6.45, 7) is 0. The molecule has 1 N–H and O–H groups in total. The van der Waals surface area contributed by atoms with Gasteiger partial charge < -0.3 is 14.6 Å². The molecule has 1 aliphatic heterocycles. The number of methoxy groups -OCH3 is 1. The molecule has 0 amide bonds. The summed E-state index contributed by atoms with van der Waals surface area (Å²) in [4.78, 5) is 13.2. The van der Waals surface area contributed by atoms with E-state index >= 15 is 0 Å². The molecule has 0 unspecified atom stereocenters. The molecule has 0 saturated heterocycles. The van der Waals surface area contributed by atoms with Crippen LogP contribution in [-0.4, -0.2) is 18.0 Å². The van der Waals surface area contributed by atoms with E-state index in [0.717, 1.165) is 5.56 Å². The van der Waals surface area contributed by atoms with Crippen molar-refractivity contribution in [3.63, 3.8) is 0 Å². The standard InChI is InChI=1S/C23H18O4/c1-26-21-12-11-15(14-19(21)24)13-18-22(25)17-9-5-6-10-20(17)27-23(18)16-7-3-2-4-8-16/h2-14,23-24H,1H3/b18-13-/t23-/m1/s1. The van der Waals surface area contributed by atoms with Gasteiger partial charge in [-0.3, -0.25) is 4.79 Å². The lowest BCUT2D eigenvalue weighted by Crippen LogP contribution is -2.23. The van der Waals surface area contributed by atoms with E-state index in [1.54, 1.807) is 36.4 Å². The minimum atomic E-state index is -0.516. The molecule has 0 aliphatic carbocycles. The molecule has 3 aromatic carbocycles. The molecule has 0 aromatic heterocycles. The molecule has 1 atom stereocenters. The number of rotatable bonds is 3.